The maximum Gasteiger partial charge on any atom is 0.335 e. The minimum absolute atomic E-state index is 1.21. The summed E-state index contributed by atoms with van der Waals surface area (Å²) in [7, 11) is 0. The van der Waals surface area contributed by atoms with E-state index in [-0.39, 0.29) is 0 Å². The van der Waals surface area contributed by atoms with Crippen LogP contribution >= 0.6 is 11.6 Å². The molecule has 11 heteroatoms. The lowest BCUT2D eigenvalue weighted by molar-refractivity contribution is -0.394. The van der Waals surface area contributed by atoms with Crippen molar-refractivity contribution >= 4 is 28.7 Å². The molecule has 0 heterocycles. The summed E-state index contributed by atoms with van der Waals surface area (Å²) < 4.78 is 38.4. The van der Waals surface area contributed by atoms with Gasteiger partial charge in [0.15, 0.2) is 5.69 Å². The van der Waals surface area contributed by atoms with E-state index < -0.39 is 49.7 Å². The molecule has 0 saturated carbocycles. The second kappa shape index (κ2) is 4.64. The van der Waals surface area contributed by atoms with Crippen LogP contribution in [0.1, 0.15) is 12.0 Å². The first kappa shape index (κ1) is 14.0. The predicted molar refractivity (Wildman–Crippen MR) is 54.1 cm³/mol. The minimum atomic E-state index is -3.56. The molecule has 2 N–H and O–H groups in total. The van der Waals surface area contributed by atoms with Gasteiger partial charge in [-0.3, -0.25) is 20.2 Å². The Balaban J connectivity index is 3.88. The van der Waals surface area contributed by atoms with Gasteiger partial charge in [0.05, 0.1) is 15.4 Å². The summed E-state index contributed by atoms with van der Waals surface area (Å²) in [5.41, 5.74) is -0.744. The Labute approximate surface area is 101 Å². The smallest absolute Gasteiger partial charge is 0.335 e. The summed E-state index contributed by atoms with van der Waals surface area (Å²) in [4.78, 5) is 18.3. The van der Waals surface area contributed by atoms with Gasteiger partial charge in [0.1, 0.15) is 5.02 Å². The Kier molecular flexibility index (Phi) is 3.60. The quantitative estimate of drug-likeness (QED) is 0.521. The molecular weight excluding hydrogens is 283 g/mol. The lowest BCUT2D eigenvalue weighted by Gasteiger charge is -2.08. The predicted octanol–water partition coefficient (Wildman–Crippen LogP) is 2.82. The molecule has 98 valence electrons. The number of benzene rings is 1. The summed E-state index contributed by atoms with van der Waals surface area (Å²) in [6, 6.07) is 0. The fraction of sp³-hybridized carbons (Fsp3) is 0.143. The molecule has 1 aromatic rings. The largest absolute Gasteiger partial charge is 0.387 e. The standard InChI is InChI=1S/C7H3ClF3N3O4/c8-2-1(7(10)11)3(9)6(14(17)18)4(12)5(2)13(15)16/h7H,12H2. The van der Waals surface area contributed by atoms with Crippen LogP contribution in [0.25, 0.3) is 0 Å². The molecule has 0 aliphatic heterocycles. The lowest BCUT2D eigenvalue weighted by atomic mass is 10.1. The highest BCUT2D eigenvalue weighted by molar-refractivity contribution is 6.34. The second-order valence-corrected chi connectivity index (χ2v) is 3.35. The number of hydrogen-bond acceptors (Lipinski definition) is 5. The van der Waals surface area contributed by atoms with Crippen molar-refractivity contribution < 1.29 is 23.0 Å². The molecule has 0 radical (unpaired) electrons. The van der Waals surface area contributed by atoms with Gasteiger partial charge in [0.2, 0.25) is 5.82 Å². The van der Waals surface area contributed by atoms with Crippen molar-refractivity contribution in [2.24, 2.45) is 0 Å². The fourth-order valence-electron chi connectivity index (χ4n) is 1.25. The van der Waals surface area contributed by atoms with Crippen molar-refractivity contribution in [1.82, 2.24) is 0 Å². The molecule has 0 amide bonds. The zero-order chi connectivity index (χ0) is 14.2. The number of rotatable bonds is 3. The molecule has 0 unspecified atom stereocenters. The van der Waals surface area contributed by atoms with Gasteiger partial charge in [-0.25, -0.2) is 8.78 Å². The first-order valence-corrected chi connectivity index (χ1v) is 4.45. The average molecular weight is 286 g/mol. The summed E-state index contributed by atoms with van der Waals surface area (Å²) in [5.74, 6) is -1.98. The van der Waals surface area contributed by atoms with E-state index in [1.807, 2.05) is 0 Å². The van der Waals surface area contributed by atoms with Crippen LogP contribution < -0.4 is 5.73 Å². The van der Waals surface area contributed by atoms with E-state index in [1.165, 1.54) is 0 Å². The summed E-state index contributed by atoms with van der Waals surface area (Å²) in [6.07, 6.45) is -3.56. The normalized spacial score (nSPS) is 10.7. The molecule has 0 atom stereocenters. The van der Waals surface area contributed by atoms with Crippen molar-refractivity contribution in [2.75, 3.05) is 5.73 Å². The Morgan fingerprint density at radius 3 is 1.94 bits per heavy atom. The highest BCUT2D eigenvalue weighted by atomic mass is 35.5. The van der Waals surface area contributed by atoms with Crippen LogP contribution in [-0.2, 0) is 0 Å². The number of alkyl halides is 2. The van der Waals surface area contributed by atoms with Crippen LogP contribution in [0.15, 0.2) is 0 Å². The third kappa shape index (κ3) is 2.01. The molecule has 0 saturated heterocycles. The second-order valence-electron chi connectivity index (χ2n) is 2.97. The summed E-state index contributed by atoms with van der Waals surface area (Å²) >= 11 is 5.22. The molecule has 18 heavy (non-hydrogen) atoms. The van der Waals surface area contributed by atoms with Crippen molar-refractivity contribution in [3.63, 3.8) is 0 Å². The van der Waals surface area contributed by atoms with Crippen LogP contribution in [0.5, 0.6) is 0 Å². The molecule has 0 spiro atoms. The van der Waals surface area contributed by atoms with Gasteiger partial charge in [-0.05, 0) is 0 Å². The highest BCUT2D eigenvalue weighted by Gasteiger charge is 2.38. The van der Waals surface area contributed by atoms with Gasteiger partial charge in [-0.1, -0.05) is 11.6 Å². The SMILES string of the molecule is Nc1c([N+](=O)[O-])c(F)c(C(F)F)c(Cl)c1[N+](=O)[O-]. The van der Waals surface area contributed by atoms with Gasteiger partial charge >= 0.3 is 11.4 Å². The Morgan fingerprint density at radius 2 is 1.61 bits per heavy atom. The number of nitro benzene ring substituents is 2. The van der Waals surface area contributed by atoms with E-state index in [4.69, 9.17) is 17.3 Å². The summed E-state index contributed by atoms with van der Waals surface area (Å²) in [5, 5.41) is 19.8. The number of anilines is 1. The van der Waals surface area contributed by atoms with Crippen LogP contribution in [0.2, 0.25) is 5.02 Å². The molecule has 0 aliphatic carbocycles. The molecular formula is C7H3ClF3N3O4. The number of nitrogen functional groups attached to an aromatic ring is 1. The third-order valence-corrected chi connectivity index (χ3v) is 2.36. The fourth-order valence-corrected chi connectivity index (χ4v) is 1.58. The van der Waals surface area contributed by atoms with Crippen LogP contribution in [0, 0.1) is 26.0 Å². The lowest BCUT2D eigenvalue weighted by Crippen LogP contribution is -2.08. The first-order valence-electron chi connectivity index (χ1n) is 4.07. The Hall–Kier alpha value is -2.10. The van der Waals surface area contributed by atoms with Crippen molar-refractivity contribution in [2.45, 2.75) is 6.43 Å². The minimum Gasteiger partial charge on any atom is -0.387 e. The number of nitrogens with two attached hydrogens (primary N) is 1. The zero-order valence-electron chi connectivity index (χ0n) is 8.19. The van der Waals surface area contributed by atoms with E-state index in [1.54, 1.807) is 0 Å². The molecule has 0 bridgehead atoms. The molecule has 0 aliphatic rings. The number of nitro groups is 2. The molecule has 0 fully saturated rings. The first-order chi connectivity index (χ1) is 8.20. The maximum atomic E-state index is 13.4. The monoisotopic (exact) mass is 285 g/mol. The van der Waals surface area contributed by atoms with Crippen molar-refractivity contribution in [1.29, 1.82) is 0 Å². The number of halogens is 4. The Bertz CT molecular complexity index is 510. The van der Waals surface area contributed by atoms with E-state index in [0.29, 0.717) is 0 Å². The maximum absolute atomic E-state index is 13.4. The van der Waals surface area contributed by atoms with E-state index >= 15 is 0 Å². The van der Waals surface area contributed by atoms with Crippen LogP contribution in [0.4, 0.5) is 30.2 Å². The van der Waals surface area contributed by atoms with E-state index in [0.717, 1.165) is 0 Å². The van der Waals surface area contributed by atoms with Crippen molar-refractivity contribution in [3.8, 4) is 0 Å². The summed E-state index contributed by atoms with van der Waals surface area (Å²) in [6.45, 7) is 0. The van der Waals surface area contributed by atoms with E-state index in [2.05, 4.69) is 0 Å². The van der Waals surface area contributed by atoms with Gasteiger partial charge < -0.3 is 5.73 Å². The average Bonchev–Trinajstić information content (AvgIpc) is 2.14. The zero-order valence-corrected chi connectivity index (χ0v) is 8.95. The third-order valence-electron chi connectivity index (χ3n) is 1.98. The Morgan fingerprint density at radius 1 is 1.17 bits per heavy atom. The number of nitrogens with zero attached hydrogens (tertiary/aromatic N) is 2. The number of hydrogen-bond donors (Lipinski definition) is 1. The molecule has 1 rings (SSSR count). The molecule has 1 aromatic carbocycles. The van der Waals surface area contributed by atoms with Gasteiger partial charge in [-0.15, -0.1) is 0 Å². The van der Waals surface area contributed by atoms with Crippen LogP contribution in [-0.4, -0.2) is 9.85 Å². The molecule has 0 aromatic heterocycles. The van der Waals surface area contributed by atoms with Crippen molar-refractivity contribution in [3.05, 3.63) is 36.6 Å². The van der Waals surface area contributed by atoms with Crippen LogP contribution in [0.3, 0.4) is 0 Å². The van der Waals surface area contributed by atoms with Gasteiger partial charge in [-0.2, -0.15) is 4.39 Å². The molecule has 7 nitrogen and oxygen atoms in total. The van der Waals surface area contributed by atoms with E-state index in [9.17, 15) is 33.4 Å². The van der Waals surface area contributed by atoms with Gasteiger partial charge in [0, 0.05) is 0 Å². The topological polar surface area (TPSA) is 112 Å². The van der Waals surface area contributed by atoms with Gasteiger partial charge in [0.25, 0.3) is 6.43 Å². The highest BCUT2D eigenvalue weighted by Crippen LogP contribution is 2.45.